The molecule has 2 aromatic rings. The molecule has 0 bridgehead atoms. The molecule has 2 N–H and O–H groups in total. The van der Waals surface area contributed by atoms with Crippen LogP contribution < -0.4 is 15.5 Å². The molecule has 0 aromatic heterocycles. The monoisotopic (exact) mass is 466 g/mol. The van der Waals surface area contributed by atoms with E-state index in [2.05, 4.69) is 39.5 Å². The molecular formula is C27H38N4O3. The average molecular weight is 467 g/mol. The highest BCUT2D eigenvalue weighted by Gasteiger charge is 2.25. The Morgan fingerprint density at radius 2 is 1.71 bits per heavy atom. The molecule has 7 nitrogen and oxygen atoms in total. The lowest BCUT2D eigenvalue weighted by atomic mass is 10.0. The molecule has 34 heavy (non-hydrogen) atoms. The number of anilines is 2. The van der Waals surface area contributed by atoms with Crippen molar-refractivity contribution in [3.05, 3.63) is 59.7 Å². The van der Waals surface area contributed by atoms with Gasteiger partial charge in [0.2, 0.25) is 5.91 Å². The lowest BCUT2D eigenvalue weighted by Gasteiger charge is -2.35. The fourth-order valence-corrected chi connectivity index (χ4v) is 4.04. The van der Waals surface area contributed by atoms with E-state index in [-0.39, 0.29) is 5.91 Å². The van der Waals surface area contributed by atoms with Gasteiger partial charge in [0.25, 0.3) is 0 Å². The van der Waals surface area contributed by atoms with Crippen LogP contribution in [0, 0.1) is 6.92 Å². The molecule has 1 atom stereocenters. The van der Waals surface area contributed by atoms with Crippen LogP contribution in [0.5, 0.6) is 0 Å². The van der Waals surface area contributed by atoms with Gasteiger partial charge in [-0.05, 0) is 63.6 Å². The zero-order valence-electron chi connectivity index (χ0n) is 21.1. The molecule has 1 heterocycles. The van der Waals surface area contributed by atoms with Crippen molar-refractivity contribution in [2.45, 2.75) is 52.7 Å². The molecule has 0 aliphatic carbocycles. The fraction of sp³-hybridized carbons (Fsp3) is 0.481. The second-order valence-corrected chi connectivity index (χ2v) is 9.80. The number of alkyl carbamates (subject to hydrolysis) is 1. The first-order valence-electron chi connectivity index (χ1n) is 12.1. The van der Waals surface area contributed by atoms with Gasteiger partial charge in [-0.25, -0.2) is 4.79 Å². The number of hydrogen-bond donors (Lipinski definition) is 2. The maximum Gasteiger partial charge on any atom is 0.408 e. The zero-order chi connectivity index (χ0) is 24.7. The van der Waals surface area contributed by atoms with Crippen LogP contribution in [0.3, 0.4) is 0 Å². The van der Waals surface area contributed by atoms with Gasteiger partial charge in [0.15, 0.2) is 0 Å². The molecule has 1 unspecified atom stereocenters. The van der Waals surface area contributed by atoms with Crippen molar-refractivity contribution in [2.75, 3.05) is 42.9 Å². The van der Waals surface area contributed by atoms with Gasteiger partial charge < -0.3 is 25.2 Å². The van der Waals surface area contributed by atoms with Crippen LogP contribution in [0.4, 0.5) is 16.2 Å². The van der Waals surface area contributed by atoms with Gasteiger partial charge in [0.1, 0.15) is 11.6 Å². The number of carbonyl (C=O) groups excluding carboxylic acids is 2. The Labute approximate surface area is 203 Å². The number of benzene rings is 2. The molecule has 184 valence electrons. The average Bonchev–Trinajstić information content (AvgIpc) is 2.79. The molecule has 1 aliphatic rings. The summed E-state index contributed by atoms with van der Waals surface area (Å²) in [5, 5.41) is 5.76. The predicted molar refractivity (Wildman–Crippen MR) is 137 cm³/mol. The van der Waals surface area contributed by atoms with E-state index < -0.39 is 17.7 Å². The maximum absolute atomic E-state index is 13.2. The Bertz CT molecular complexity index is 964. The highest BCUT2D eigenvalue weighted by atomic mass is 16.6. The summed E-state index contributed by atoms with van der Waals surface area (Å²) in [5.41, 5.74) is 3.20. The van der Waals surface area contributed by atoms with E-state index >= 15 is 0 Å². The van der Waals surface area contributed by atoms with E-state index in [9.17, 15) is 9.59 Å². The third-order valence-corrected chi connectivity index (χ3v) is 5.94. The third-order valence-electron chi connectivity index (χ3n) is 5.94. The Hall–Kier alpha value is -3.06. The molecule has 1 aliphatic heterocycles. The van der Waals surface area contributed by atoms with Gasteiger partial charge in [0.05, 0.1) is 0 Å². The molecule has 7 heteroatoms. The van der Waals surface area contributed by atoms with E-state index in [1.165, 1.54) is 5.69 Å². The SMILES string of the molecule is CCN1CCN(c2ccc(NC(=O)C(Cc3ccccc3)NC(=O)OC(C)(C)C)c(C)c2)CC1. The van der Waals surface area contributed by atoms with Crippen molar-refractivity contribution in [2.24, 2.45) is 0 Å². The van der Waals surface area contributed by atoms with E-state index in [1.807, 2.05) is 43.3 Å². The highest BCUT2D eigenvalue weighted by Crippen LogP contribution is 2.24. The molecular weight excluding hydrogens is 428 g/mol. The maximum atomic E-state index is 13.2. The third kappa shape index (κ3) is 7.48. The molecule has 3 rings (SSSR count). The number of aryl methyl sites for hydroxylation is 1. The number of ether oxygens (including phenoxy) is 1. The normalized spacial score (nSPS) is 15.5. The summed E-state index contributed by atoms with van der Waals surface area (Å²) < 4.78 is 5.39. The number of rotatable bonds is 7. The number of carbonyl (C=O) groups is 2. The number of amides is 2. The fourth-order valence-electron chi connectivity index (χ4n) is 4.04. The smallest absolute Gasteiger partial charge is 0.408 e. The van der Waals surface area contributed by atoms with Crippen LogP contribution in [0.2, 0.25) is 0 Å². The standard InChI is InChI=1S/C27H38N4O3/c1-6-30-14-16-31(17-15-30)22-12-13-23(20(2)18-22)28-25(32)24(19-21-10-8-7-9-11-21)29-26(33)34-27(3,4)5/h7-13,18,24H,6,14-17,19H2,1-5H3,(H,28,32)(H,29,33). The summed E-state index contributed by atoms with van der Waals surface area (Å²) in [7, 11) is 0. The van der Waals surface area contributed by atoms with E-state index in [4.69, 9.17) is 4.74 Å². The summed E-state index contributed by atoms with van der Waals surface area (Å²) in [6, 6.07) is 15.0. The van der Waals surface area contributed by atoms with E-state index in [0.717, 1.165) is 49.5 Å². The van der Waals surface area contributed by atoms with Crippen molar-refractivity contribution in [3.63, 3.8) is 0 Å². The van der Waals surface area contributed by atoms with Crippen molar-refractivity contribution in [1.82, 2.24) is 10.2 Å². The zero-order valence-corrected chi connectivity index (χ0v) is 21.1. The first-order chi connectivity index (χ1) is 16.1. The minimum absolute atomic E-state index is 0.276. The van der Waals surface area contributed by atoms with Gasteiger partial charge in [-0.1, -0.05) is 37.3 Å². The number of nitrogens with one attached hydrogen (secondary N) is 2. The summed E-state index contributed by atoms with van der Waals surface area (Å²) >= 11 is 0. The summed E-state index contributed by atoms with van der Waals surface area (Å²) in [5.74, 6) is -0.276. The molecule has 2 aromatic carbocycles. The van der Waals surface area contributed by atoms with Crippen LogP contribution in [-0.4, -0.2) is 61.3 Å². The lowest BCUT2D eigenvalue weighted by molar-refractivity contribution is -0.118. The van der Waals surface area contributed by atoms with Crippen molar-refractivity contribution < 1.29 is 14.3 Å². The second-order valence-electron chi connectivity index (χ2n) is 9.80. The van der Waals surface area contributed by atoms with Crippen LogP contribution in [0.1, 0.15) is 38.8 Å². The van der Waals surface area contributed by atoms with Crippen LogP contribution in [0.25, 0.3) is 0 Å². The van der Waals surface area contributed by atoms with Gasteiger partial charge in [-0.2, -0.15) is 0 Å². The number of nitrogens with zero attached hydrogens (tertiary/aromatic N) is 2. The lowest BCUT2D eigenvalue weighted by Crippen LogP contribution is -2.47. The Morgan fingerprint density at radius 1 is 1.03 bits per heavy atom. The van der Waals surface area contributed by atoms with E-state index in [0.29, 0.717) is 6.42 Å². The van der Waals surface area contributed by atoms with Gasteiger partial charge in [-0.15, -0.1) is 0 Å². The number of likely N-dealkylation sites (N-methyl/N-ethyl adjacent to an activating group) is 1. The summed E-state index contributed by atoms with van der Waals surface area (Å²) in [6.45, 7) is 14.8. The van der Waals surface area contributed by atoms with Crippen molar-refractivity contribution in [1.29, 1.82) is 0 Å². The van der Waals surface area contributed by atoms with Crippen LogP contribution >= 0.6 is 0 Å². The molecule has 0 saturated carbocycles. The van der Waals surface area contributed by atoms with Crippen molar-refractivity contribution in [3.8, 4) is 0 Å². The van der Waals surface area contributed by atoms with Crippen LogP contribution in [0.15, 0.2) is 48.5 Å². The minimum Gasteiger partial charge on any atom is -0.444 e. The van der Waals surface area contributed by atoms with Gasteiger partial charge >= 0.3 is 6.09 Å². The molecule has 2 amide bonds. The largest absolute Gasteiger partial charge is 0.444 e. The number of piperazine rings is 1. The van der Waals surface area contributed by atoms with Crippen LogP contribution in [-0.2, 0) is 16.0 Å². The quantitative estimate of drug-likeness (QED) is 0.639. The summed E-state index contributed by atoms with van der Waals surface area (Å²) in [4.78, 5) is 30.5. The predicted octanol–water partition coefficient (Wildman–Crippen LogP) is 4.21. The Morgan fingerprint density at radius 3 is 2.29 bits per heavy atom. The Kier molecular flexibility index (Phi) is 8.56. The number of hydrogen-bond acceptors (Lipinski definition) is 5. The molecule has 1 fully saturated rings. The van der Waals surface area contributed by atoms with E-state index in [1.54, 1.807) is 20.8 Å². The first kappa shape index (κ1) is 25.6. The molecule has 0 radical (unpaired) electrons. The van der Waals surface area contributed by atoms with Crippen molar-refractivity contribution >= 4 is 23.4 Å². The highest BCUT2D eigenvalue weighted by molar-refractivity contribution is 5.97. The first-order valence-corrected chi connectivity index (χ1v) is 12.1. The minimum atomic E-state index is -0.765. The molecule has 1 saturated heterocycles. The topological polar surface area (TPSA) is 73.9 Å². The Balaban J connectivity index is 1.70. The second kappa shape index (κ2) is 11.4. The van der Waals surface area contributed by atoms with Gasteiger partial charge in [0, 0.05) is 44.0 Å². The molecule has 0 spiro atoms. The summed E-state index contributed by atoms with van der Waals surface area (Å²) in [6.07, 6.45) is -0.244. The van der Waals surface area contributed by atoms with Gasteiger partial charge in [-0.3, -0.25) is 4.79 Å².